The van der Waals surface area contributed by atoms with Crippen LogP contribution in [0.15, 0.2) is 6.33 Å². The first-order chi connectivity index (χ1) is 12.0. The summed E-state index contributed by atoms with van der Waals surface area (Å²) in [4.78, 5) is 12.8. The lowest BCUT2D eigenvalue weighted by molar-refractivity contribution is -0.0790. The van der Waals surface area contributed by atoms with Crippen molar-refractivity contribution in [2.24, 2.45) is 5.92 Å². The quantitative estimate of drug-likeness (QED) is 0.726. The first-order valence-corrected chi connectivity index (χ1v) is 8.60. The molecule has 9 heteroatoms. The summed E-state index contributed by atoms with van der Waals surface area (Å²) >= 11 is 0. The van der Waals surface area contributed by atoms with Crippen molar-refractivity contribution in [3.05, 3.63) is 12.0 Å². The minimum atomic E-state index is -2.34. The normalized spacial score (nSPS) is 32.6. The molecule has 0 amide bonds. The summed E-state index contributed by atoms with van der Waals surface area (Å²) in [6.07, 6.45) is 1.51. The Bertz CT molecular complexity index is 795. The minimum absolute atomic E-state index is 0.0870. The number of hydrogen-bond acceptors (Lipinski definition) is 7. The Morgan fingerprint density at radius 1 is 1.44 bits per heavy atom. The SMILES string of the molecule is CC[C@H]1O[C@@H](n2cnc3c(CC4CC4)nc(N)nc32)[C@@](F)(CO)[C@@H]1O. The monoisotopic (exact) mass is 351 g/mol. The Labute approximate surface area is 143 Å². The van der Waals surface area contributed by atoms with Crippen molar-refractivity contribution in [2.75, 3.05) is 12.3 Å². The van der Waals surface area contributed by atoms with Crippen LogP contribution in [0.2, 0.25) is 0 Å². The van der Waals surface area contributed by atoms with Crippen molar-refractivity contribution < 1.29 is 19.3 Å². The number of nitrogens with zero attached hydrogens (tertiary/aromatic N) is 4. The van der Waals surface area contributed by atoms with Gasteiger partial charge in [-0.3, -0.25) is 4.57 Å². The van der Waals surface area contributed by atoms with Crippen molar-refractivity contribution in [2.45, 2.75) is 56.7 Å². The fourth-order valence-electron chi connectivity index (χ4n) is 3.50. The van der Waals surface area contributed by atoms with E-state index in [0.29, 0.717) is 23.5 Å². The second kappa shape index (κ2) is 5.86. The van der Waals surface area contributed by atoms with Crippen molar-refractivity contribution in [1.29, 1.82) is 0 Å². The van der Waals surface area contributed by atoms with E-state index >= 15 is 4.39 Å². The fourth-order valence-corrected chi connectivity index (χ4v) is 3.50. The lowest BCUT2D eigenvalue weighted by Crippen LogP contribution is -2.45. The predicted molar refractivity (Wildman–Crippen MR) is 87.3 cm³/mol. The number of alkyl halides is 1. The molecule has 25 heavy (non-hydrogen) atoms. The maximum absolute atomic E-state index is 15.3. The Morgan fingerprint density at radius 3 is 2.84 bits per heavy atom. The molecule has 1 aliphatic heterocycles. The van der Waals surface area contributed by atoms with Crippen LogP contribution in [0.1, 0.15) is 38.1 Å². The third-order valence-electron chi connectivity index (χ3n) is 5.15. The molecule has 4 rings (SSSR count). The lowest BCUT2D eigenvalue weighted by Gasteiger charge is -2.26. The van der Waals surface area contributed by atoms with Gasteiger partial charge in [0, 0.05) is 0 Å². The highest BCUT2D eigenvalue weighted by Gasteiger charge is 2.57. The van der Waals surface area contributed by atoms with E-state index in [-0.39, 0.29) is 5.95 Å². The van der Waals surface area contributed by atoms with Crippen LogP contribution in [0.25, 0.3) is 11.2 Å². The van der Waals surface area contributed by atoms with Gasteiger partial charge in [0.15, 0.2) is 11.9 Å². The van der Waals surface area contributed by atoms with Crippen molar-refractivity contribution in [3.63, 3.8) is 0 Å². The van der Waals surface area contributed by atoms with Crippen LogP contribution in [0.3, 0.4) is 0 Å². The molecule has 3 heterocycles. The van der Waals surface area contributed by atoms with E-state index in [1.165, 1.54) is 10.9 Å². The molecule has 2 fully saturated rings. The molecule has 4 N–H and O–H groups in total. The van der Waals surface area contributed by atoms with E-state index < -0.39 is 30.7 Å². The number of nitrogen functional groups attached to an aromatic ring is 1. The number of rotatable bonds is 5. The molecule has 1 saturated carbocycles. The molecule has 2 aliphatic rings. The second-order valence-electron chi connectivity index (χ2n) is 6.96. The van der Waals surface area contributed by atoms with E-state index in [9.17, 15) is 10.2 Å². The van der Waals surface area contributed by atoms with Gasteiger partial charge in [-0.05, 0) is 31.6 Å². The molecule has 1 saturated heterocycles. The van der Waals surface area contributed by atoms with Crippen molar-refractivity contribution >= 4 is 17.1 Å². The highest BCUT2D eigenvalue weighted by atomic mass is 19.1. The standard InChI is InChI=1S/C16H22FN5O3/c1-2-10-12(24)16(17,6-23)14(25-10)22-7-19-11-9(5-8-3-4-8)20-15(18)21-13(11)22/h7-8,10,12,14,23-24H,2-6H2,1H3,(H2,18,20,21)/t10-,12-,14-,16-/m1/s1. The molecule has 8 nitrogen and oxygen atoms in total. The topological polar surface area (TPSA) is 119 Å². The van der Waals surface area contributed by atoms with Gasteiger partial charge in [-0.1, -0.05) is 6.92 Å². The number of hydrogen-bond donors (Lipinski definition) is 3. The van der Waals surface area contributed by atoms with Crippen molar-refractivity contribution in [3.8, 4) is 0 Å². The van der Waals surface area contributed by atoms with Gasteiger partial charge in [0.2, 0.25) is 11.6 Å². The summed E-state index contributed by atoms with van der Waals surface area (Å²) in [5, 5.41) is 19.8. The van der Waals surface area contributed by atoms with E-state index in [2.05, 4.69) is 15.0 Å². The zero-order chi connectivity index (χ0) is 17.8. The van der Waals surface area contributed by atoms with Crippen LogP contribution in [0, 0.1) is 5.92 Å². The highest BCUT2D eigenvalue weighted by Crippen LogP contribution is 2.43. The maximum atomic E-state index is 15.3. The van der Waals surface area contributed by atoms with Crippen molar-refractivity contribution in [1.82, 2.24) is 19.5 Å². The molecule has 136 valence electrons. The summed E-state index contributed by atoms with van der Waals surface area (Å²) in [6, 6.07) is 0. The molecule has 0 aromatic carbocycles. The third kappa shape index (κ3) is 2.57. The molecular formula is C16H22FN5O3. The first-order valence-electron chi connectivity index (χ1n) is 8.60. The maximum Gasteiger partial charge on any atom is 0.222 e. The molecule has 0 radical (unpaired) electrons. The van der Waals surface area contributed by atoms with Crippen LogP contribution < -0.4 is 5.73 Å². The minimum Gasteiger partial charge on any atom is -0.393 e. The first kappa shape index (κ1) is 16.6. The van der Waals surface area contributed by atoms with Gasteiger partial charge in [0.25, 0.3) is 0 Å². The Morgan fingerprint density at radius 2 is 2.20 bits per heavy atom. The zero-order valence-corrected chi connectivity index (χ0v) is 14.0. The van der Waals surface area contributed by atoms with Crippen LogP contribution in [0.5, 0.6) is 0 Å². The van der Waals surface area contributed by atoms with Crippen LogP contribution in [0.4, 0.5) is 10.3 Å². The number of aliphatic hydroxyl groups excluding tert-OH is 2. The Hall–Kier alpha value is -1.84. The number of nitrogens with two attached hydrogens (primary N) is 1. The molecule has 0 spiro atoms. The molecule has 0 unspecified atom stereocenters. The van der Waals surface area contributed by atoms with Gasteiger partial charge >= 0.3 is 0 Å². The zero-order valence-electron chi connectivity index (χ0n) is 14.0. The molecule has 1 aliphatic carbocycles. The van der Waals surface area contributed by atoms with E-state index in [1.54, 1.807) is 6.92 Å². The summed E-state index contributed by atoms with van der Waals surface area (Å²) in [7, 11) is 0. The molecular weight excluding hydrogens is 329 g/mol. The summed E-state index contributed by atoms with van der Waals surface area (Å²) < 4.78 is 22.4. The number of halogens is 1. The molecule has 0 bridgehead atoms. The predicted octanol–water partition coefficient (Wildman–Crippen LogP) is 0.730. The highest BCUT2D eigenvalue weighted by molar-refractivity contribution is 5.75. The Balaban J connectivity index is 1.79. The van der Waals surface area contributed by atoms with Gasteiger partial charge in [0.05, 0.1) is 24.7 Å². The van der Waals surface area contributed by atoms with Gasteiger partial charge in [-0.2, -0.15) is 4.98 Å². The molecule has 2 aromatic heterocycles. The molecule has 4 atom stereocenters. The molecule has 2 aromatic rings. The van der Waals surface area contributed by atoms with Gasteiger partial charge in [-0.25, -0.2) is 14.4 Å². The average Bonchev–Trinajstić information content (AvgIpc) is 3.26. The Kier molecular flexibility index (Phi) is 3.89. The van der Waals surface area contributed by atoms with Gasteiger partial charge < -0.3 is 20.7 Å². The summed E-state index contributed by atoms with van der Waals surface area (Å²) in [5.74, 6) is 0.665. The average molecular weight is 351 g/mol. The largest absolute Gasteiger partial charge is 0.393 e. The fraction of sp³-hybridized carbons (Fsp3) is 0.688. The second-order valence-corrected chi connectivity index (χ2v) is 6.96. The number of fused-ring (bicyclic) bond motifs is 1. The smallest absolute Gasteiger partial charge is 0.222 e. The van der Waals surface area contributed by atoms with Gasteiger partial charge in [0.1, 0.15) is 11.6 Å². The van der Waals surface area contributed by atoms with Gasteiger partial charge in [-0.15, -0.1) is 0 Å². The summed E-state index contributed by atoms with van der Waals surface area (Å²) in [6.45, 7) is 0.915. The van der Waals surface area contributed by atoms with Crippen LogP contribution >= 0.6 is 0 Å². The number of ether oxygens (including phenoxy) is 1. The summed E-state index contributed by atoms with van der Waals surface area (Å²) in [5.41, 5.74) is 5.14. The number of anilines is 1. The third-order valence-corrected chi connectivity index (χ3v) is 5.15. The number of aliphatic hydroxyl groups is 2. The number of aromatic nitrogens is 4. The van der Waals surface area contributed by atoms with Crippen LogP contribution in [-0.4, -0.2) is 54.2 Å². The number of imidazole rings is 1. The van der Waals surface area contributed by atoms with Crippen LogP contribution in [-0.2, 0) is 11.2 Å². The van der Waals surface area contributed by atoms with E-state index in [0.717, 1.165) is 25.0 Å². The van der Waals surface area contributed by atoms with E-state index in [4.69, 9.17) is 10.5 Å². The lowest BCUT2D eigenvalue weighted by atomic mass is 9.96. The van der Waals surface area contributed by atoms with E-state index in [1.807, 2.05) is 0 Å².